The number of aliphatic imine (C=N–C) groups is 1. The summed E-state index contributed by atoms with van der Waals surface area (Å²) in [5, 5.41) is 10.1. The molecule has 1 fully saturated rings. The summed E-state index contributed by atoms with van der Waals surface area (Å²) in [6, 6.07) is 0. The van der Waals surface area contributed by atoms with Crippen molar-refractivity contribution in [3.05, 3.63) is 17.0 Å². The fourth-order valence-electron chi connectivity index (χ4n) is 3.27. The molecule has 1 aromatic heterocycles. The molecule has 0 aromatic carbocycles. The van der Waals surface area contributed by atoms with Crippen LogP contribution in [0.3, 0.4) is 0 Å². The molecule has 1 aliphatic heterocycles. The smallest absolute Gasteiger partial charge is 0.220 e. The number of carbonyl (C=O) groups excluding carboxylic acids is 1. The van der Waals surface area contributed by atoms with E-state index in [0.717, 1.165) is 61.9 Å². The molecular weight excluding hydrogens is 445 g/mol. The summed E-state index contributed by atoms with van der Waals surface area (Å²) in [5.41, 5.74) is 2.11. The van der Waals surface area contributed by atoms with Crippen molar-refractivity contribution in [1.82, 2.24) is 20.7 Å². The molecular formula is C18H32IN5O2. The zero-order chi connectivity index (χ0) is 18.2. The van der Waals surface area contributed by atoms with Crippen LogP contribution in [0.5, 0.6) is 0 Å². The van der Waals surface area contributed by atoms with E-state index in [1.165, 1.54) is 0 Å². The standard InChI is InChI=1S/C18H31N5O2.HI/c1-5-20-18(21-9-6-16-13(2)22-25-14(16)3)23-10-7-15(8-11-23)12-17(24)19-4;/h15H,5-12H2,1-4H3,(H,19,24)(H,20,21);1H. The van der Waals surface area contributed by atoms with E-state index in [-0.39, 0.29) is 29.9 Å². The molecule has 0 aliphatic carbocycles. The van der Waals surface area contributed by atoms with Gasteiger partial charge < -0.3 is 20.1 Å². The van der Waals surface area contributed by atoms with Gasteiger partial charge in [-0.25, -0.2) is 0 Å². The van der Waals surface area contributed by atoms with Crippen molar-refractivity contribution in [3.8, 4) is 0 Å². The van der Waals surface area contributed by atoms with Crippen molar-refractivity contribution < 1.29 is 9.32 Å². The number of guanidine groups is 1. The third-order valence-corrected chi connectivity index (χ3v) is 4.81. The van der Waals surface area contributed by atoms with Crippen LogP contribution in [-0.2, 0) is 11.2 Å². The first-order chi connectivity index (χ1) is 12.0. The van der Waals surface area contributed by atoms with Gasteiger partial charge in [-0.05, 0) is 46.0 Å². The number of nitrogens with one attached hydrogen (secondary N) is 2. The van der Waals surface area contributed by atoms with E-state index in [9.17, 15) is 4.79 Å². The molecule has 2 heterocycles. The van der Waals surface area contributed by atoms with E-state index >= 15 is 0 Å². The van der Waals surface area contributed by atoms with Crippen LogP contribution in [-0.4, -0.2) is 55.2 Å². The van der Waals surface area contributed by atoms with Gasteiger partial charge in [-0.1, -0.05) is 5.16 Å². The van der Waals surface area contributed by atoms with Crippen molar-refractivity contribution >= 4 is 35.8 Å². The maximum Gasteiger partial charge on any atom is 0.220 e. The average Bonchev–Trinajstić information content (AvgIpc) is 2.93. The van der Waals surface area contributed by atoms with E-state index in [1.54, 1.807) is 7.05 Å². The Morgan fingerprint density at radius 1 is 1.35 bits per heavy atom. The highest BCUT2D eigenvalue weighted by Gasteiger charge is 2.23. The van der Waals surface area contributed by atoms with Crippen molar-refractivity contribution in [1.29, 1.82) is 0 Å². The van der Waals surface area contributed by atoms with E-state index in [4.69, 9.17) is 9.52 Å². The highest BCUT2D eigenvalue weighted by molar-refractivity contribution is 14.0. The maximum atomic E-state index is 11.5. The minimum atomic E-state index is 0. The Labute approximate surface area is 173 Å². The molecule has 2 rings (SSSR count). The van der Waals surface area contributed by atoms with Crippen LogP contribution in [0.4, 0.5) is 0 Å². The topological polar surface area (TPSA) is 82.8 Å². The molecule has 8 heteroatoms. The van der Waals surface area contributed by atoms with Gasteiger partial charge in [0.05, 0.1) is 5.69 Å². The fraction of sp³-hybridized carbons (Fsp3) is 0.722. The molecule has 0 atom stereocenters. The number of hydrogen-bond acceptors (Lipinski definition) is 4. The van der Waals surface area contributed by atoms with Gasteiger partial charge in [0.2, 0.25) is 5.91 Å². The van der Waals surface area contributed by atoms with Crippen molar-refractivity contribution in [3.63, 3.8) is 0 Å². The molecule has 2 N–H and O–H groups in total. The number of carbonyl (C=O) groups is 1. The first-order valence-electron chi connectivity index (χ1n) is 9.20. The largest absolute Gasteiger partial charge is 0.361 e. The van der Waals surface area contributed by atoms with Crippen LogP contribution < -0.4 is 10.6 Å². The number of aromatic nitrogens is 1. The molecule has 0 radical (unpaired) electrons. The predicted octanol–water partition coefficient (Wildman–Crippen LogP) is 2.27. The Morgan fingerprint density at radius 2 is 2.04 bits per heavy atom. The fourth-order valence-corrected chi connectivity index (χ4v) is 3.27. The summed E-state index contributed by atoms with van der Waals surface area (Å²) < 4.78 is 5.21. The highest BCUT2D eigenvalue weighted by Crippen LogP contribution is 2.20. The molecule has 26 heavy (non-hydrogen) atoms. The van der Waals surface area contributed by atoms with Crippen molar-refractivity contribution in [2.75, 3.05) is 33.2 Å². The second-order valence-electron chi connectivity index (χ2n) is 6.60. The summed E-state index contributed by atoms with van der Waals surface area (Å²) in [5.74, 6) is 2.46. The summed E-state index contributed by atoms with van der Waals surface area (Å²) >= 11 is 0. The van der Waals surface area contributed by atoms with Crippen LogP contribution in [0.25, 0.3) is 0 Å². The van der Waals surface area contributed by atoms with Gasteiger partial charge in [-0.15, -0.1) is 24.0 Å². The normalized spacial score (nSPS) is 15.5. The summed E-state index contributed by atoms with van der Waals surface area (Å²) in [4.78, 5) is 18.6. The predicted molar refractivity (Wildman–Crippen MR) is 114 cm³/mol. The number of nitrogens with zero attached hydrogens (tertiary/aromatic N) is 3. The van der Waals surface area contributed by atoms with Crippen molar-refractivity contribution in [2.45, 2.75) is 46.5 Å². The number of piperidine rings is 1. The summed E-state index contributed by atoms with van der Waals surface area (Å²) in [7, 11) is 1.70. The lowest BCUT2D eigenvalue weighted by Gasteiger charge is -2.34. The third kappa shape index (κ3) is 6.44. The molecule has 148 valence electrons. The second-order valence-corrected chi connectivity index (χ2v) is 6.60. The molecule has 0 unspecified atom stereocenters. The van der Waals surface area contributed by atoms with Gasteiger partial charge in [-0.2, -0.15) is 0 Å². The van der Waals surface area contributed by atoms with E-state index < -0.39 is 0 Å². The van der Waals surface area contributed by atoms with Gasteiger partial charge in [0, 0.05) is 45.2 Å². The van der Waals surface area contributed by atoms with Crippen LogP contribution in [0.15, 0.2) is 9.52 Å². The highest BCUT2D eigenvalue weighted by atomic mass is 127. The van der Waals surface area contributed by atoms with Crippen LogP contribution in [0.1, 0.15) is 43.2 Å². The first kappa shape index (κ1) is 22.7. The maximum absolute atomic E-state index is 11.5. The lowest BCUT2D eigenvalue weighted by Crippen LogP contribution is -2.46. The Hall–Kier alpha value is -1.32. The number of likely N-dealkylation sites (tertiary alicyclic amines) is 1. The number of aryl methyl sites for hydroxylation is 2. The third-order valence-electron chi connectivity index (χ3n) is 4.81. The molecule has 0 spiro atoms. The molecule has 1 saturated heterocycles. The zero-order valence-corrected chi connectivity index (χ0v) is 18.6. The number of amides is 1. The number of halogens is 1. The molecule has 1 aliphatic rings. The Balaban J connectivity index is 0.00000338. The van der Waals surface area contributed by atoms with Gasteiger partial charge >= 0.3 is 0 Å². The second kappa shape index (κ2) is 11.4. The lowest BCUT2D eigenvalue weighted by atomic mass is 9.93. The monoisotopic (exact) mass is 477 g/mol. The number of hydrogen-bond donors (Lipinski definition) is 2. The van der Waals surface area contributed by atoms with E-state index in [1.807, 2.05) is 13.8 Å². The SMILES string of the molecule is CCNC(=NCCc1c(C)noc1C)N1CCC(CC(=O)NC)CC1.I. The van der Waals surface area contributed by atoms with Gasteiger partial charge in [0.25, 0.3) is 0 Å². The minimum absolute atomic E-state index is 0. The number of rotatable bonds is 6. The zero-order valence-electron chi connectivity index (χ0n) is 16.3. The molecule has 7 nitrogen and oxygen atoms in total. The summed E-state index contributed by atoms with van der Waals surface area (Å²) in [6.45, 7) is 9.45. The lowest BCUT2D eigenvalue weighted by molar-refractivity contribution is -0.121. The molecule has 1 amide bonds. The van der Waals surface area contributed by atoms with E-state index in [2.05, 4.69) is 27.6 Å². The molecule has 1 aromatic rings. The molecule has 0 saturated carbocycles. The Kier molecular flexibility index (Phi) is 9.97. The first-order valence-corrected chi connectivity index (χ1v) is 9.20. The van der Waals surface area contributed by atoms with Crippen molar-refractivity contribution in [2.24, 2.45) is 10.9 Å². The quantitative estimate of drug-likeness (QED) is 0.373. The van der Waals surface area contributed by atoms with Gasteiger partial charge in [-0.3, -0.25) is 9.79 Å². The van der Waals surface area contributed by atoms with Crippen LogP contribution >= 0.6 is 24.0 Å². The minimum Gasteiger partial charge on any atom is -0.361 e. The average molecular weight is 477 g/mol. The van der Waals surface area contributed by atoms with Gasteiger partial charge in [0.1, 0.15) is 5.76 Å². The summed E-state index contributed by atoms with van der Waals surface area (Å²) in [6.07, 6.45) is 3.52. The van der Waals surface area contributed by atoms with Crippen LogP contribution in [0.2, 0.25) is 0 Å². The van der Waals surface area contributed by atoms with Crippen LogP contribution in [0, 0.1) is 19.8 Å². The van der Waals surface area contributed by atoms with Gasteiger partial charge in [0.15, 0.2) is 5.96 Å². The molecule has 0 bridgehead atoms. The Bertz CT molecular complexity index is 575. The Morgan fingerprint density at radius 3 is 2.58 bits per heavy atom. The van der Waals surface area contributed by atoms with E-state index in [0.29, 0.717) is 18.9 Å².